The van der Waals surface area contributed by atoms with Gasteiger partial charge in [-0.25, -0.2) is 0 Å². The minimum Gasteiger partial charge on any atom is -0.388 e. The Balaban J connectivity index is 2.78. The summed E-state index contributed by atoms with van der Waals surface area (Å²) in [5.74, 6) is 0. The molecule has 1 saturated heterocycles. The summed E-state index contributed by atoms with van der Waals surface area (Å²) in [4.78, 5) is 0. The minimum atomic E-state index is -0.877. The average molecular weight is 183 g/mol. The second kappa shape index (κ2) is 3.65. The molecule has 74 valence electrons. The van der Waals surface area contributed by atoms with Gasteiger partial charge in [-0.05, 0) is 26.7 Å². The molecule has 0 radical (unpaired) electrons. The normalized spacial score (nSPS) is 30.6. The minimum absolute atomic E-state index is 0.557. The summed E-state index contributed by atoms with van der Waals surface area (Å²) < 4.78 is 5.26. The highest BCUT2D eigenvalue weighted by molar-refractivity contribution is 5.06. The molecule has 3 nitrogen and oxygen atoms in total. The molecule has 1 aliphatic heterocycles. The molecular weight excluding hydrogens is 166 g/mol. The molecule has 0 amide bonds. The van der Waals surface area contributed by atoms with Gasteiger partial charge < -0.3 is 9.84 Å². The van der Waals surface area contributed by atoms with Crippen molar-refractivity contribution in [3.05, 3.63) is 0 Å². The first-order chi connectivity index (χ1) is 6.02. The SMILES string of the molecule is CC(C)(C#N)C1(O)CCCOCC1. The molecule has 3 heteroatoms. The Morgan fingerprint density at radius 2 is 2.08 bits per heavy atom. The summed E-state index contributed by atoms with van der Waals surface area (Å²) in [5.41, 5.74) is -1.56. The van der Waals surface area contributed by atoms with Gasteiger partial charge in [-0.2, -0.15) is 5.26 Å². The van der Waals surface area contributed by atoms with Gasteiger partial charge >= 0.3 is 0 Å². The first-order valence-corrected chi connectivity index (χ1v) is 4.73. The zero-order valence-electron chi connectivity index (χ0n) is 8.34. The number of hydrogen-bond acceptors (Lipinski definition) is 3. The maximum absolute atomic E-state index is 10.3. The van der Waals surface area contributed by atoms with Crippen molar-refractivity contribution >= 4 is 0 Å². The van der Waals surface area contributed by atoms with E-state index in [-0.39, 0.29) is 0 Å². The standard InChI is InChI=1S/C10H17NO2/c1-9(2,8-11)10(12)4-3-6-13-7-5-10/h12H,3-7H2,1-2H3. The lowest BCUT2D eigenvalue weighted by atomic mass is 9.72. The number of ether oxygens (including phenoxy) is 1. The second-order valence-corrected chi connectivity index (χ2v) is 4.23. The van der Waals surface area contributed by atoms with Gasteiger partial charge in [0.15, 0.2) is 0 Å². The van der Waals surface area contributed by atoms with Gasteiger partial charge in [-0.1, -0.05) is 0 Å². The summed E-state index contributed by atoms with van der Waals surface area (Å²) in [6, 6.07) is 2.17. The summed E-state index contributed by atoms with van der Waals surface area (Å²) in [6.07, 6.45) is 2.06. The number of nitrogens with zero attached hydrogens (tertiary/aromatic N) is 1. The number of nitriles is 1. The van der Waals surface area contributed by atoms with Crippen LogP contribution in [0.3, 0.4) is 0 Å². The highest BCUT2D eigenvalue weighted by atomic mass is 16.5. The van der Waals surface area contributed by atoms with Crippen LogP contribution in [0.5, 0.6) is 0 Å². The number of rotatable bonds is 1. The molecule has 0 spiro atoms. The molecular formula is C10H17NO2. The van der Waals surface area contributed by atoms with Crippen LogP contribution in [0.2, 0.25) is 0 Å². The maximum Gasteiger partial charge on any atom is 0.0850 e. The predicted octanol–water partition coefficient (Wildman–Crippen LogP) is 1.47. The summed E-state index contributed by atoms with van der Waals surface area (Å²) in [5, 5.41) is 19.2. The fourth-order valence-electron chi connectivity index (χ4n) is 1.66. The molecule has 1 heterocycles. The van der Waals surface area contributed by atoms with Crippen LogP contribution in [0.4, 0.5) is 0 Å². The summed E-state index contributed by atoms with van der Waals surface area (Å²) in [7, 11) is 0. The lowest BCUT2D eigenvalue weighted by Crippen LogP contribution is -2.44. The molecule has 1 aliphatic rings. The van der Waals surface area contributed by atoms with E-state index in [1.807, 2.05) is 0 Å². The van der Waals surface area contributed by atoms with Gasteiger partial charge in [-0.3, -0.25) is 0 Å². The van der Waals surface area contributed by atoms with Crippen LogP contribution in [-0.4, -0.2) is 23.9 Å². The molecule has 0 bridgehead atoms. The van der Waals surface area contributed by atoms with Crippen LogP contribution in [0.1, 0.15) is 33.1 Å². The van der Waals surface area contributed by atoms with Crippen molar-refractivity contribution in [1.82, 2.24) is 0 Å². The van der Waals surface area contributed by atoms with Gasteiger partial charge in [0.1, 0.15) is 0 Å². The smallest absolute Gasteiger partial charge is 0.0850 e. The summed E-state index contributed by atoms with van der Waals surface area (Å²) in [6.45, 7) is 4.84. The fraction of sp³-hybridized carbons (Fsp3) is 0.900. The van der Waals surface area contributed by atoms with Crippen molar-refractivity contribution in [2.45, 2.75) is 38.7 Å². The molecule has 0 saturated carbocycles. The van der Waals surface area contributed by atoms with Crippen LogP contribution in [0.25, 0.3) is 0 Å². The zero-order valence-corrected chi connectivity index (χ0v) is 8.34. The van der Waals surface area contributed by atoms with E-state index >= 15 is 0 Å². The van der Waals surface area contributed by atoms with E-state index < -0.39 is 11.0 Å². The molecule has 0 aromatic carbocycles. The topological polar surface area (TPSA) is 53.2 Å². The predicted molar refractivity (Wildman–Crippen MR) is 49.0 cm³/mol. The van der Waals surface area contributed by atoms with E-state index in [0.29, 0.717) is 26.1 Å². The van der Waals surface area contributed by atoms with Crippen molar-refractivity contribution in [2.75, 3.05) is 13.2 Å². The molecule has 1 fully saturated rings. The molecule has 0 aromatic heterocycles. The van der Waals surface area contributed by atoms with E-state index in [9.17, 15) is 5.11 Å². The Kier molecular flexibility index (Phi) is 2.94. The third-order valence-corrected chi connectivity index (χ3v) is 2.98. The van der Waals surface area contributed by atoms with E-state index in [1.54, 1.807) is 13.8 Å². The number of hydrogen-bond donors (Lipinski definition) is 1. The molecule has 1 atom stereocenters. The Bertz CT molecular complexity index is 209. The average Bonchev–Trinajstić information content (AvgIpc) is 2.31. The van der Waals surface area contributed by atoms with Crippen LogP contribution in [0.15, 0.2) is 0 Å². The van der Waals surface area contributed by atoms with Crippen molar-refractivity contribution in [2.24, 2.45) is 5.41 Å². The van der Waals surface area contributed by atoms with Crippen LogP contribution >= 0.6 is 0 Å². The highest BCUT2D eigenvalue weighted by Gasteiger charge is 2.43. The van der Waals surface area contributed by atoms with E-state index in [4.69, 9.17) is 10.00 Å². The van der Waals surface area contributed by atoms with Crippen molar-refractivity contribution < 1.29 is 9.84 Å². The molecule has 1 rings (SSSR count). The Hall–Kier alpha value is -0.590. The third-order valence-electron chi connectivity index (χ3n) is 2.98. The van der Waals surface area contributed by atoms with Gasteiger partial charge in [0.2, 0.25) is 0 Å². The Labute approximate surface area is 79.3 Å². The Morgan fingerprint density at radius 1 is 1.38 bits per heavy atom. The molecule has 1 unspecified atom stereocenters. The van der Waals surface area contributed by atoms with E-state index in [0.717, 1.165) is 6.42 Å². The first-order valence-electron chi connectivity index (χ1n) is 4.73. The van der Waals surface area contributed by atoms with Gasteiger partial charge in [0.05, 0.1) is 17.1 Å². The second-order valence-electron chi connectivity index (χ2n) is 4.23. The zero-order chi connectivity index (χ0) is 9.95. The van der Waals surface area contributed by atoms with Crippen molar-refractivity contribution in [3.8, 4) is 6.07 Å². The van der Waals surface area contributed by atoms with Crippen LogP contribution < -0.4 is 0 Å². The van der Waals surface area contributed by atoms with Gasteiger partial charge in [0.25, 0.3) is 0 Å². The lowest BCUT2D eigenvalue weighted by Gasteiger charge is -2.36. The largest absolute Gasteiger partial charge is 0.388 e. The lowest BCUT2D eigenvalue weighted by molar-refractivity contribution is -0.0537. The van der Waals surface area contributed by atoms with Crippen LogP contribution in [-0.2, 0) is 4.74 Å². The summed E-state index contributed by atoms with van der Waals surface area (Å²) >= 11 is 0. The number of aliphatic hydroxyl groups is 1. The monoisotopic (exact) mass is 183 g/mol. The van der Waals surface area contributed by atoms with Crippen LogP contribution in [0, 0.1) is 16.7 Å². The molecule has 0 aromatic rings. The highest BCUT2D eigenvalue weighted by Crippen LogP contribution is 2.38. The van der Waals surface area contributed by atoms with Gasteiger partial charge in [0, 0.05) is 19.6 Å². The quantitative estimate of drug-likeness (QED) is 0.669. The third kappa shape index (κ3) is 2.01. The molecule has 1 N–H and O–H groups in total. The van der Waals surface area contributed by atoms with Gasteiger partial charge in [-0.15, -0.1) is 0 Å². The van der Waals surface area contributed by atoms with E-state index in [2.05, 4.69) is 6.07 Å². The first kappa shape index (κ1) is 10.5. The molecule has 0 aliphatic carbocycles. The van der Waals surface area contributed by atoms with Crippen molar-refractivity contribution in [3.63, 3.8) is 0 Å². The Morgan fingerprint density at radius 3 is 2.69 bits per heavy atom. The fourth-order valence-corrected chi connectivity index (χ4v) is 1.66. The van der Waals surface area contributed by atoms with Crippen molar-refractivity contribution in [1.29, 1.82) is 5.26 Å². The molecule has 13 heavy (non-hydrogen) atoms. The maximum atomic E-state index is 10.3. The van der Waals surface area contributed by atoms with E-state index in [1.165, 1.54) is 0 Å².